The van der Waals surface area contributed by atoms with E-state index in [4.69, 9.17) is 0 Å². The Morgan fingerprint density at radius 1 is 0.903 bits per heavy atom. The lowest BCUT2D eigenvalue weighted by Crippen LogP contribution is -2.17. The molecule has 1 aromatic carbocycles. The maximum Gasteiger partial charge on any atom is -0.0106 e. The summed E-state index contributed by atoms with van der Waals surface area (Å²) in [6.07, 6.45) is 9.67. The van der Waals surface area contributed by atoms with E-state index in [1.807, 2.05) is 53.7 Å². The SMILES string of the molecule is C=CC1=C(/C=C(\C=C)C(C)(C)C)CCc2cc(C(C)(C)CC)ccc21.CC.CC.CC. The molecule has 0 bridgehead atoms. The van der Waals surface area contributed by atoms with Gasteiger partial charge < -0.3 is 0 Å². The first-order valence-corrected chi connectivity index (χ1v) is 12.5. The Morgan fingerprint density at radius 2 is 1.45 bits per heavy atom. The van der Waals surface area contributed by atoms with Crippen LogP contribution in [0.25, 0.3) is 5.57 Å². The van der Waals surface area contributed by atoms with Crippen molar-refractivity contribution in [1.29, 1.82) is 0 Å². The van der Waals surface area contributed by atoms with Gasteiger partial charge in [-0.05, 0) is 63.5 Å². The van der Waals surface area contributed by atoms with Crippen molar-refractivity contribution in [3.05, 3.63) is 77.4 Å². The third-order valence-electron chi connectivity index (χ3n) is 5.69. The summed E-state index contributed by atoms with van der Waals surface area (Å²) in [6.45, 7) is 33.8. The van der Waals surface area contributed by atoms with E-state index < -0.39 is 0 Å². The van der Waals surface area contributed by atoms with Gasteiger partial charge in [-0.2, -0.15) is 0 Å². The zero-order chi connectivity index (χ0) is 24.8. The highest BCUT2D eigenvalue weighted by Gasteiger charge is 2.23. The van der Waals surface area contributed by atoms with E-state index >= 15 is 0 Å². The maximum atomic E-state index is 4.10. The van der Waals surface area contributed by atoms with Crippen molar-refractivity contribution >= 4 is 5.57 Å². The highest BCUT2D eigenvalue weighted by Crippen LogP contribution is 2.38. The largest absolute Gasteiger partial charge is 0.0988 e. The van der Waals surface area contributed by atoms with Crippen molar-refractivity contribution in [2.75, 3.05) is 0 Å². The first-order valence-electron chi connectivity index (χ1n) is 12.5. The van der Waals surface area contributed by atoms with Crippen molar-refractivity contribution in [3.63, 3.8) is 0 Å². The van der Waals surface area contributed by atoms with Gasteiger partial charge in [0.15, 0.2) is 0 Å². The molecule has 0 heteroatoms. The molecule has 0 aliphatic heterocycles. The predicted molar refractivity (Wildman–Crippen MR) is 147 cm³/mol. The molecule has 0 unspecified atom stereocenters. The second-order valence-electron chi connectivity index (χ2n) is 8.81. The van der Waals surface area contributed by atoms with Crippen LogP contribution < -0.4 is 0 Å². The van der Waals surface area contributed by atoms with Crippen molar-refractivity contribution in [3.8, 4) is 0 Å². The van der Waals surface area contributed by atoms with Crippen molar-refractivity contribution in [1.82, 2.24) is 0 Å². The van der Waals surface area contributed by atoms with Gasteiger partial charge in [0, 0.05) is 0 Å². The number of benzene rings is 1. The molecule has 0 fully saturated rings. The highest BCUT2D eigenvalue weighted by molar-refractivity contribution is 5.82. The second kappa shape index (κ2) is 15.1. The van der Waals surface area contributed by atoms with Crippen LogP contribution in [-0.4, -0.2) is 0 Å². The summed E-state index contributed by atoms with van der Waals surface area (Å²) in [4.78, 5) is 0. The molecule has 31 heavy (non-hydrogen) atoms. The summed E-state index contributed by atoms with van der Waals surface area (Å²) in [5.41, 5.74) is 8.54. The maximum absolute atomic E-state index is 4.10. The summed E-state index contributed by atoms with van der Waals surface area (Å²) in [7, 11) is 0. The topological polar surface area (TPSA) is 0 Å². The molecule has 2 rings (SSSR count). The standard InChI is InChI=1S/C25H34.3C2H6/c1-9-20(24(4,5)6)16-18-12-13-19-17-21(25(7,8)11-3)14-15-23(19)22(18)10-2;3*1-2/h9-10,14-17H,1-2,11-13H2,3-8H3;3*1-2H3/b20-16+;;;. The first kappa shape index (κ1) is 31.4. The average Bonchev–Trinajstić information content (AvgIpc) is 2.79. The van der Waals surface area contributed by atoms with Crippen LogP contribution in [0, 0.1) is 5.41 Å². The van der Waals surface area contributed by atoms with Gasteiger partial charge in [-0.25, -0.2) is 0 Å². The van der Waals surface area contributed by atoms with Gasteiger partial charge in [-0.3, -0.25) is 0 Å². The summed E-state index contributed by atoms with van der Waals surface area (Å²) in [6, 6.07) is 7.02. The fraction of sp³-hybridized carbons (Fsp3) is 0.548. The molecule has 0 spiro atoms. The van der Waals surface area contributed by atoms with Crippen LogP contribution in [0.2, 0.25) is 0 Å². The second-order valence-corrected chi connectivity index (χ2v) is 8.81. The molecular weight excluding hydrogens is 372 g/mol. The number of hydrogen-bond donors (Lipinski definition) is 0. The number of allylic oxidation sites excluding steroid dienone is 6. The van der Waals surface area contributed by atoms with Crippen molar-refractivity contribution in [2.24, 2.45) is 5.41 Å². The summed E-state index contributed by atoms with van der Waals surface area (Å²) in [5, 5.41) is 0. The minimum Gasteiger partial charge on any atom is -0.0988 e. The molecule has 0 heterocycles. The Kier molecular flexibility index (Phi) is 15.2. The fourth-order valence-electron chi connectivity index (χ4n) is 3.43. The minimum absolute atomic E-state index is 0.107. The number of fused-ring (bicyclic) bond motifs is 1. The third kappa shape index (κ3) is 8.68. The number of rotatable bonds is 5. The summed E-state index contributed by atoms with van der Waals surface area (Å²) >= 11 is 0. The van der Waals surface area contributed by atoms with Gasteiger partial charge in [0.1, 0.15) is 0 Å². The molecule has 0 saturated heterocycles. The molecule has 0 nitrogen and oxygen atoms in total. The van der Waals surface area contributed by atoms with Crippen LogP contribution in [0.1, 0.15) is 113 Å². The van der Waals surface area contributed by atoms with Crippen LogP contribution in [0.15, 0.2) is 60.7 Å². The molecule has 0 atom stereocenters. The predicted octanol–water partition coefficient (Wildman–Crippen LogP) is 10.5. The fourth-order valence-corrected chi connectivity index (χ4v) is 3.43. The Morgan fingerprint density at radius 3 is 1.87 bits per heavy atom. The van der Waals surface area contributed by atoms with Gasteiger partial charge in [0.25, 0.3) is 0 Å². The summed E-state index contributed by atoms with van der Waals surface area (Å²) in [5.74, 6) is 0. The van der Waals surface area contributed by atoms with E-state index in [9.17, 15) is 0 Å². The molecule has 0 radical (unpaired) electrons. The Balaban J connectivity index is 0. The lowest BCUT2D eigenvalue weighted by molar-refractivity contribution is 0.505. The Hall–Kier alpha value is -1.82. The smallest absolute Gasteiger partial charge is 0.0106 e. The molecule has 0 N–H and O–H groups in total. The van der Waals surface area contributed by atoms with Gasteiger partial charge in [0.05, 0.1) is 0 Å². The van der Waals surface area contributed by atoms with Gasteiger partial charge in [0.2, 0.25) is 0 Å². The third-order valence-corrected chi connectivity index (χ3v) is 5.69. The Labute approximate surface area is 196 Å². The van der Waals surface area contributed by atoms with Crippen molar-refractivity contribution < 1.29 is 0 Å². The van der Waals surface area contributed by atoms with E-state index in [2.05, 4.69) is 79.0 Å². The molecule has 0 amide bonds. The molecule has 0 aromatic heterocycles. The molecule has 1 aliphatic rings. The first-order chi connectivity index (χ1) is 14.6. The lowest BCUT2D eigenvalue weighted by Gasteiger charge is -2.28. The quantitative estimate of drug-likeness (QED) is 0.412. The average molecular weight is 425 g/mol. The van der Waals surface area contributed by atoms with E-state index in [0.717, 1.165) is 19.3 Å². The van der Waals surface area contributed by atoms with Crippen LogP contribution in [0.4, 0.5) is 0 Å². The number of aryl methyl sites for hydroxylation is 1. The van der Waals surface area contributed by atoms with Crippen LogP contribution in [0.3, 0.4) is 0 Å². The van der Waals surface area contributed by atoms with Crippen LogP contribution >= 0.6 is 0 Å². The van der Waals surface area contributed by atoms with E-state index in [1.54, 1.807) is 0 Å². The Bertz CT molecular complexity index is 730. The number of hydrogen-bond acceptors (Lipinski definition) is 0. The molecule has 176 valence electrons. The van der Waals surface area contributed by atoms with Gasteiger partial charge in [-0.1, -0.05) is 133 Å². The van der Waals surface area contributed by atoms with Gasteiger partial charge in [-0.15, -0.1) is 0 Å². The molecule has 1 aliphatic carbocycles. The zero-order valence-electron chi connectivity index (χ0n) is 23.0. The monoisotopic (exact) mass is 424 g/mol. The molecule has 1 aromatic rings. The van der Waals surface area contributed by atoms with E-state index in [1.165, 1.54) is 33.4 Å². The van der Waals surface area contributed by atoms with Gasteiger partial charge >= 0.3 is 0 Å². The molecular formula is C31H52. The lowest BCUT2D eigenvalue weighted by atomic mass is 9.77. The molecule has 0 saturated carbocycles. The zero-order valence-corrected chi connectivity index (χ0v) is 23.0. The van der Waals surface area contributed by atoms with Crippen LogP contribution in [-0.2, 0) is 11.8 Å². The van der Waals surface area contributed by atoms with E-state index in [0.29, 0.717) is 0 Å². The van der Waals surface area contributed by atoms with E-state index in [-0.39, 0.29) is 10.8 Å². The van der Waals surface area contributed by atoms with Crippen LogP contribution in [0.5, 0.6) is 0 Å². The minimum atomic E-state index is 0.107. The summed E-state index contributed by atoms with van der Waals surface area (Å²) < 4.78 is 0. The normalized spacial score (nSPS) is 13.4. The van der Waals surface area contributed by atoms with Crippen molar-refractivity contribution in [2.45, 2.75) is 108 Å². The highest BCUT2D eigenvalue weighted by atomic mass is 14.3.